The van der Waals surface area contributed by atoms with Crippen molar-refractivity contribution in [2.45, 2.75) is 37.3 Å². The Balaban J connectivity index is 3.06. The first kappa shape index (κ1) is 17.3. The molecule has 0 aliphatic rings. The van der Waals surface area contributed by atoms with Crippen LogP contribution in [0.2, 0.25) is 0 Å². The first-order valence-electron chi connectivity index (χ1n) is 6.66. The Morgan fingerprint density at radius 3 is 2.57 bits per heavy atom. The highest BCUT2D eigenvalue weighted by atomic mass is 32.2. The van der Waals surface area contributed by atoms with E-state index in [2.05, 4.69) is 0 Å². The van der Waals surface area contributed by atoms with Gasteiger partial charge < -0.3 is 9.84 Å². The zero-order valence-corrected chi connectivity index (χ0v) is 13.1. The number of rotatable bonds is 8. The van der Waals surface area contributed by atoms with Crippen LogP contribution in [0.3, 0.4) is 0 Å². The van der Waals surface area contributed by atoms with E-state index in [0.717, 1.165) is 18.2 Å². The van der Waals surface area contributed by atoms with Gasteiger partial charge >= 0.3 is 5.97 Å². The van der Waals surface area contributed by atoms with E-state index in [1.807, 2.05) is 6.92 Å². The molecule has 0 aromatic heterocycles. The van der Waals surface area contributed by atoms with Gasteiger partial charge in [0.05, 0.1) is 17.6 Å². The zero-order valence-electron chi connectivity index (χ0n) is 12.2. The van der Waals surface area contributed by atoms with Crippen LogP contribution in [-0.2, 0) is 4.79 Å². The van der Waals surface area contributed by atoms with Gasteiger partial charge in [-0.05, 0) is 18.4 Å². The number of hydrogen-bond donors (Lipinski definition) is 1. The normalized spacial score (nSPS) is 12.2. The molecule has 0 bridgehead atoms. The Bertz CT molecular complexity index is 518. The van der Waals surface area contributed by atoms with Crippen LogP contribution in [0.15, 0.2) is 23.1 Å². The summed E-state index contributed by atoms with van der Waals surface area (Å²) >= 11 is 1.10. The third kappa shape index (κ3) is 5.26. The zero-order chi connectivity index (χ0) is 16.0. The third-order valence-electron chi connectivity index (χ3n) is 2.66. The summed E-state index contributed by atoms with van der Waals surface area (Å²) in [6.07, 6.45) is 0.787. The number of nitrogens with zero attached hydrogens (tertiary/aromatic N) is 1. The predicted octanol–water partition coefficient (Wildman–Crippen LogP) is 3.58. The fourth-order valence-corrected chi connectivity index (χ4v) is 2.69. The molecule has 0 saturated carbocycles. The van der Waals surface area contributed by atoms with Crippen LogP contribution in [0.4, 0.5) is 5.69 Å². The van der Waals surface area contributed by atoms with Crippen molar-refractivity contribution < 1.29 is 19.6 Å². The Labute approximate surface area is 127 Å². The second-order valence-electron chi connectivity index (χ2n) is 4.89. The fourth-order valence-electron chi connectivity index (χ4n) is 1.65. The molecule has 1 atom stereocenters. The molecule has 0 amide bonds. The molecular weight excluding hydrogens is 294 g/mol. The van der Waals surface area contributed by atoms with E-state index in [-0.39, 0.29) is 11.6 Å². The lowest BCUT2D eigenvalue weighted by atomic mass is 10.1. The summed E-state index contributed by atoms with van der Waals surface area (Å²) in [6, 6.07) is 4.37. The summed E-state index contributed by atoms with van der Waals surface area (Å²) < 4.78 is 5.42. The summed E-state index contributed by atoms with van der Waals surface area (Å²) in [5, 5.41) is 19.5. The van der Waals surface area contributed by atoms with Crippen LogP contribution >= 0.6 is 11.8 Å². The third-order valence-corrected chi connectivity index (χ3v) is 4.17. The summed E-state index contributed by atoms with van der Waals surface area (Å²) in [6.45, 7) is 6.00. The van der Waals surface area contributed by atoms with E-state index in [9.17, 15) is 20.0 Å². The topological polar surface area (TPSA) is 89.7 Å². The molecule has 0 spiro atoms. The number of non-ortho nitro benzene ring substituents is 1. The van der Waals surface area contributed by atoms with Gasteiger partial charge in [-0.25, -0.2) is 0 Å². The van der Waals surface area contributed by atoms with E-state index in [1.54, 1.807) is 19.9 Å². The smallest absolute Gasteiger partial charge is 0.317 e. The molecule has 6 nitrogen and oxygen atoms in total. The number of carboxylic acids is 1. The molecule has 1 unspecified atom stereocenters. The number of ether oxygens (including phenoxy) is 1. The maximum absolute atomic E-state index is 11.2. The van der Waals surface area contributed by atoms with Crippen molar-refractivity contribution in [3.8, 4) is 5.75 Å². The number of carboxylic acid groups (broad SMARTS) is 1. The molecule has 1 N–H and O–H groups in total. The first-order chi connectivity index (χ1) is 9.85. The van der Waals surface area contributed by atoms with Crippen molar-refractivity contribution in [3.05, 3.63) is 28.3 Å². The van der Waals surface area contributed by atoms with E-state index < -0.39 is 16.1 Å². The van der Waals surface area contributed by atoms with Gasteiger partial charge in [-0.3, -0.25) is 14.9 Å². The number of thioether (sulfide) groups is 1. The number of aliphatic carboxylic acids is 1. The quantitative estimate of drug-likeness (QED) is 0.448. The molecule has 0 aliphatic heterocycles. The molecule has 1 aromatic carbocycles. The fraction of sp³-hybridized carbons (Fsp3) is 0.500. The van der Waals surface area contributed by atoms with Crippen molar-refractivity contribution in [2.24, 2.45) is 5.92 Å². The predicted molar refractivity (Wildman–Crippen MR) is 81.0 cm³/mol. The summed E-state index contributed by atoms with van der Waals surface area (Å²) in [5.74, 6) is -0.634. The second kappa shape index (κ2) is 7.87. The van der Waals surface area contributed by atoms with Crippen LogP contribution < -0.4 is 4.74 Å². The van der Waals surface area contributed by atoms with Gasteiger partial charge in [-0.15, -0.1) is 11.8 Å². The first-order valence-corrected chi connectivity index (χ1v) is 7.54. The Kier molecular flexibility index (Phi) is 6.48. The highest BCUT2D eigenvalue weighted by Gasteiger charge is 2.24. The van der Waals surface area contributed by atoms with Gasteiger partial charge in [0.1, 0.15) is 11.0 Å². The van der Waals surface area contributed by atoms with E-state index in [0.29, 0.717) is 17.3 Å². The molecule has 0 fully saturated rings. The number of nitro groups is 1. The highest BCUT2D eigenvalue weighted by molar-refractivity contribution is 8.00. The Morgan fingerprint density at radius 2 is 2.10 bits per heavy atom. The summed E-state index contributed by atoms with van der Waals surface area (Å²) in [5.41, 5.74) is -0.0982. The number of nitro benzene ring substituents is 1. The minimum absolute atomic E-state index is 0.0910. The lowest BCUT2D eigenvalue weighted by Crippen LogP contribution is -2.22. The van der Waals surface area contributed by atoms with Gasteiger partial charge in [-0.2, -0.15) is 0 Å². The van der Waals surface area contributed by atoms with Gasteiger partial charge in [0.25, 0.3) is 5.69 Å². The van der Waals surface area contributed by atoms with E-state index in [4.69, 9.17) is 4.74 Å². The van der Waals surface area contributed by atoms with Crippen molar-refractivity contribution in [2.75, 3.05) is 6.61 Å². The summed E-state index contributed by atoms with van der Waals surface area (Å²) in [7, 11) is 0. The minimum Gasteiger partial charge on any atom is -0.493 e. The molecule has 116 valence electrons. The minimum atomic E-state index is -0.933. The maximum atomic E-state index is 11.2. The van der Waals surface area contributed by atoms with Gasteiger partial charge in [0.2, 0.25) is 0 Å². The SMILES string of the molecule is CCCOc1cc(SC(C(=O)O)C(C)C)cc([N+](=O)[O-])c1. The molecule has 21 heavy (non-hydrogen) atoms. The van der Waals surface area contributed by atoms with Crippen LogP contribution in [0.5, 0.6) is 5.75 Å². The summed E-state index contributed by atoms with van der Waals surface area (Å²) in [4.78, 5) is 22.2. The molecule has 0 radical (unpaired) electrons. The van der Waals surface area contributed by atoms with Crippen LogP contribution in [0, 0.1) is 16.0 Å². The monoisotopic (exact) mass is 313 g/mol. The molecule has 1 aromatic rings. The Morgan fingerprint density at radius 1 is 1.43 bits per heavy atom. The molecule has 1 rings (SSSR count). The Hall–Kier alpha value is -1.76. The standard InChI is InChI=1S/C14H19NO5S/c1-4-5-20-11-6-10(15(18)19)7-12(8-11)21-13(9(2)3)14(16)17/h6-9,13H,4-5H2,1-3H3,(H,16,17). The molecule has 0 saturated heterocycles. The van der Waals surface area contributed by atoms with Crippen molar-refractivity contribution in [1.29, 1.82) is 0 Å². The molecule has 0 aliphatic carbocycles. The van der Waals surface area contributed by atoms with Gasteiger partial charge in [0, 0.05) is 11.0 Å². The average molecular weight is 313 g/mol. The number of carbonyl (C=O) groups is 1. The van der Waals surface area contributed by atoms with E-state index in [1.165, 1.54) is 12.1 Å². The number of hydrogen-bond acceptors (Lipinski definition) is 5. The van der Waals surface area contributed by atoms with Crippen LogP contribution in [-0.4, -0.2) is 27.9 Å². The molecular formula is C14H19NO5S. The van der Waals surface area contributed by atoms with Crippen molar-refractivity contribution in [1.82, 2.24) is 0 Å². The maximum Gasteiger partial charge on any atom is 0.317 e. The van der Waals surface area contributed by atoms with Crippen LogP contribution in [0.1, 0.15) is 27.2 Å². The molecule has 0 heterocycles. The van der Waals surface area contributed by atoms with Gasteiger partial charge in [0.15, 0.2) is 0 Å². The molecule has 7 heteroatoms. The lowest BCUT2D eigenvalue weighted by Gasteiger charge is -2.16. The second-order valence-corrected chi connectivity index (χ2v) is 6.10. The van der Waals surface area contributed by atoms with Crippen molar-refractivity contribution in [3.63, 3.8) is 0 Å². The lowest BCUT2D eigenvalue weighted by molar-refractivity contribution is -0.385. The van der Waals surface area contributed by atoms with Gasteiger partial charge in [-0.1, -0.05) is 20.8 Å². The number of benzene rings is 1. The largest absolute Gasteiger partial charge is 0.493 e. The highest BCUT2D eigenvalue weighted by Crippen LogP contribution is 2.34. The average Bonchev–Trinajstić information content (AvgIpc) is 2.41. The van der Waals surface area contributed by atoms with Crippen molar-refractivity contribution >= 4 is 23.4 Å². The van der Waals surface area contributed by atoms with Crippen LogP contribution in [0.25, 0.3) is 0 Å². The van der Waals surface area contributed by atoms with E-state index >= 15 is 0 Å².